The summed E-state index contributed by atoms with van der Waals surface area (Å²) in [6.45, 7) is 1.89. The summed E-state index contributed by atoms with van der Waals surface area (Å²) in [5.74, 6) is 0.646. The molecule has 1 aromatic heterocycles. The molecule has 1 unspecified atom stereocenters. The first-order chi connectivity index (χ1) is 7.20. The minimum Gasteiger partial charge on any atom is -0.353 e. The van der Waals surface area contributed by atoms with E-state index in [4.69, 9.17) is 23.2 Å². The zero-order chi connectivity index (χ0) is 10.8. The van der Waals surface area contributed by atoms with Crippen molar-refractivity contribution in [3.63, 3.8) is 0 Å². The van der Waals surface area contributed by atoms with Gasteiger partial charge in [-0.05, 0) is 24.3 Å². The summed E-state index contributed by atoms with van der Waals surface area (Å²) in [4.78, 5) is 6.20. The van der Waals surface area contributed by atoms with Crippen LogP contribution < -0.4 is 4.90 Å². The second-order valence-electron chi connectivity index (χ2n) is 3.29. The van der Waals surface area contributed by atoms with Crippen molar-refractivity contribution in [2.45, 2.75) is 11.7 Å². The van der Waals surface area contributed by atoms with E-state index in [1.807, 2.05) is 11.8 Å². The van der Waals surface area contributed by atoms with Gasteiger partial charge >= 0.3 is 0 Å². The number of hydrogen-bond acceptors (Lipinski definition) is 5. The molecule has 0 spiro atoms. The van der Waals surface area contributed by atoms with E-state index in [9.17, 15) is 0 Å². The van der Waals surface area contributed by atoms with Crippen molar-refractivity contribution in [1.82, 2.24) is 15.2 Å². The molecule has 1 fully saturated rings. The first-order valence-corrected chi connectivity index (χ1v) is 6.58. The smallest absolute Gasteiger partial charge is 0.245 e. The molecule has 1 aliphatic rings. The molecule has 0 saturated carbocycles. The highest BCUT2D eigenvalue weighted by Gasteiger charge is 2.25. The zero-order valence-corrected chi connectivity index (χ0v) is 10.5. The highest BCUT2D eigenvalue weighted by Crippen LogP contribution is 2.28. The van der Waals surface area contributed by atoms with E-state index in [2.05, 4.69) is 26.3 Å². The molecule has 1 aromatic rings. The lowest BCUT2D eigenvalue weighted by atomic mass is 10.4. The summed E-state index contributed by atoms with van der Waals surface area (Å²) in [5, 5.41) is 8.43. The highest BCUT2D eigenvalue weighted by molar-refractivity contribution is 7.99. The van der Waals surface area contributed by atoms with Crippen LogP contribution in [0.2, 0.25) is 10.4 Å². The predicted octanol–water partition coefficient (Wildman–Crippen LogP) is 2.12. The number of halogens is 2. The van der Waals surface area contributed by atoms with E-state index < -0.39 is 0 Å². The number of nitrogens with zero attached hydrogens (tertiary/aromatic N) is 4. The van der Waals surface area contributed by atoms with Crippen molar-refractivity contribution >= 4 is 40.8 Å². The molecule has 2 rings (SSSR count). The Bertz CT molecular complexity index is 362. The Hall–Kier alpha value is -0.260. The van der Waals surface area contributed by atoms with E-state index in [1.54, 1.807) is 0 Å². The molecule has 0 radical (unpaired) electrons. The van der Waals surface area contributed by atoms with Gasteiger partial charge in [0.05, 0.1) is 0 Å². The van der Waals surface area contributed by atoms with Gasteiger partial charge in [0.25, 0.3) is 0 Å². The number of hydrogen-bond donors (Lipinski definition) is 0. The van der Waals surface area contributed by atoms with Gasteiger partial charge in [-0.2, -0.15) is 16.7 Å². The number of rotatable bonds is 2. The zero-order valence-electron chi connectivity index (χ0n) is 8.15. The first-order valence-electron chi connectivity index (χ1n) is 4.54. The largest absolute Gasteiger partial charge is 0.353 e. The number of aromatic nitrogens is 3. The maximum absolute atomic E-state index is 5.92. The molecule has 82 valence electrons. The fourth-order valence-corrected chi connectivity index (χ4v) is 2.59. The van der Waals surface area contributed by atoms with Crippen molar-refractivity contribution in [3.8, 4) is 0 Å². The quantitative estimate of drug-likeness (QED) is 0.819. The van der Waals surface area contributed by atoms with Gasteiger partial charge in [0.2, 0.25) is 5.28 Å². The molecule has 15 heavy (non-hydrogen) atoms. The molecule has 0 amide bonds. The summed E-state index contributed by atoms with van der Waals surface area (Å²) < 4.78 is 0. The van der Waals surface area contributed by atoms with Gasteiger partial charge in [0.1, 0.15) is 0 Å². The van der Waals surface area contributed by atoms with Crippen molar-refractivity contribution in [3.05, 3.63) is 10.4 Å². The molecule has 0 bridgehead atoms. The fourth-order valence-electron chi connectivity index (χ4n) is 1.60. The van der Waals surface area contributed by atoms with Crippen molar-refractivity contribution < 1.29 is 0 Å². The summed E-state index contributed by atoms with van der Waals surface area (Å²) in [5.41, 5.74) is 0. The van der Waals surface area contributed by atoms with Crippen LogP contribution in [-0.4, -0.2) is 39.8 Å². The Labute approximate surface area is 102 Å². The molecule has 0 N–H and O–H groups in total. The molecule has 4 nitrogen and oxygen atoms in total. The SMILES string of the molecule is CSC1CCN(c2nc(Cl)nnc2Cl)C1. The van der Waals surface area contributed by atoms with Crippen molar-refractivity contribution in [1.29, 1.82) is 0 Å². The third kappa shape index (κ3) is 2.46. The minimum atomic E-state index is 0.141. The van der Waals surface area contributed by atoms with Crippen LogP contribution in [0, 0.1) is 0 Å². The maximum atomic E-state index is 5.92. The van der Waals surface area contributed by atoms with Gasteiger partial charge in [-0.25, -0.2) is 0 Å². The average molecular weight is 265 g/mol. The lowest BCUT2D eigenvalue weighted by Gasteiger charge is -2.17. The molecule has 0 aliphatic carbocycles. The first kappa shape index (κ1) is 11.2. The Balaban J connectivity index is 2.19. The van der Waals surface area contributed by atoms with Crippen LogP contribution in [-0.2, 0) is 0 Å². The predicted molar refractivity (Wildman–Crippen MR) is 64.0 cm³/mol. The molecule has 1 atom stereocenters. The van der Waals surface area contributed by atoms with Crippen LogP contribution >= 0.6 is 35.0 Å². The molecule has 2 heterocycles. The summed E-state index contributed by atoms with van der Waals surface area (Å²) in [6, 6.07) is 0. The van der Waals surface area contributed by atoms with E-state index in [-0.39, 0.29) is 5.28 Å². The summed E-state index contributed by atoms with van der Waals surface area (Å²) in [6.07, 6.45) is 3.25. The van der Waals surface area contributed by atoms with Crippen molar-refractivity contribution in [2.24, 2.45) is 0 Å². The third-order valence-electron chi connectivity index (χ3n) is 2.38. The Morgan fingerprint density at radius 2 is 2.20 bits per heavy atom. The second-order valence-corrected chi connectivity index (χ2v) is 5.12. The molecule has 1 aliphatic heterocycles. The van der Waals surface area contributed by atoms with Crippen LogP contribution in [0.1, 0.15) is 6.42 Å². The minimum absolute atomic E-state index is 0.141. The number of thioether (sulfide) groups is 1. The molecular formula is C8H10Cl2N4S. The van der Waals surface area contributed by atoms with Crippen molar-refractivity contribution in [2.75, 3.05) is 24.2 Å². The Morgan fingerprint density at radius 1 is 1.40 bits per heavy atom. The van der Waals surface area contributed by atoms with Gasteiger partial charge < -0.3 is 4.90 Å². The third-order valence-corrected chi connectivity index (χ3v) is 3.84. The molecule has 1 saturated heterocycles. The van der Waals surface area contributed by atoms with Crippen LogP contribution in [0.4, 0.5) is 5.82 Å². The van der Waals surface area contributed by atoms with Gasteiger partial charge in [-0.15, -0.1) is 10.2 Å². The lowest BCUT2D eigenvalue weighted by Crippen LogP contribution is -2.22. The van der Waals surface area contributed by atoms with E-state index in [0.717, 1.165) is 19.5 Å². The van der Waals surface area contributed by atoms with E-state index in [0.29, 0.717) is 16.2 Å². The summed E-state index contributed by atoms with van der Waals surface area (Å²) >= 11 is 13.5. The van der Waals surface area contributed by atoms with Gasteiger partial charge in [0.15, 0.2) is 11.0 Å². The van der Waals surface area contributed by atoms with Gasteiger partial charge in [0, 0.05) is 18.3 Å². The molecule has 0 aromatic carbocycles. The standard InChI is InChI=1S/C8H10Cl2N4S/c1-15-5-2-3-14(4-5)7-6(9)12-13-8(10)11-7/h5H,2-4H2,1H3. The van der Waals surface area contributed by atoms with Gasteiger partial charge in [-0.1, -0.05) is 11.6 Å². The maximum Gasteiger partial charge on any atom is 0.245 e. The normalized spacial score (nSPS) is 21.0. The van der Waals surface area contributed by atoms with Crippen LogP contribution in [0.25, 0.3) is 0 Å². The Morgan fingerprint density at radius 3 is 2.87 bits per heavy atom. The van der Waals surface area contributed by atoms with E-state index >= 15 is 0 Å². The molecular weight excluding hydrogens is 255 g/mol. The molecule has 7 heteroatoms. The van der Waals surface area contributed by atoms with E-state index in [1.165, 1.54) is 0 Å². The Kier molecular flexibility index (Phi) is 3.53. The van der Waals surface area contributed by atoms with Crippen LogP contribution in [0.15, 0.2) is 0 Å². The fraction of sp³-hybridized carbons (Fsp3) is 0.625. The number of anilines is 1. The second kappa shape index (κ2) is 4.72. The van der Waals surface area contributed by atoms with Crippen LogP contribution in [0.5, 0.6) is 0 Å². The average Bonchev–Trinajstić information content (AvgIpc) is 2.70. The topological polar surface area (TPSA) is 41.9 Å². The summed E-state index contributed by atoms with van der Waals surface area (Å²) in [7, 11) is 0. The van der Waals surface area contributed by atoms with Gasteiger partial charge in [-0.3, -0.25) is 0 Å². The highest BCUT2D eigenvalue weighted by atomic mass is 35.5. The van der Waals surface area contributed by atoms with Crippen LogP contribution in [0.3, 0.4) is 0 Å². The monoisotopic (exact) mass is 264 g/mol. The lowest BCUT2D eigenvalue weighted by molar-refractivity contribution is 0.886.